The summed E-state index contributed by atoms with van der Waals surface area (Å²) in [6, 6.07) is 13.9. The number of pyridine rings is 1. The third-order valence-electron chi connectivity index (χ3n) is 4.44. The van der Waals surface area contributed by atoms with Gasteiger partial charge >= 0.3 is 0 Å². The number of hydrogen-bond donors (Lipinski definition) is 2. The standard InChI is InChI=1S/C21H23FN4O2S.HI/c1-23-21(25-12-15-9-10-24-20-6-4-3-5-19(15)20)26-13-17-11-18(22)8-7-16(17)14-29(2,27)28;/h3-11H,12-14H2,1-2H3,(H2,23,25,26);1H. The molecule has 30 heavy (non-hydrogen) atoms. The van der Waals surface area contributed by atoms with E-state index in [0.29, 0.717) is 23.6 Å². The van der Waals surface area contributed by atoms with Gasteiger partial charge in [0.1, 0.15) is 5.82 Å². The molecule has 0 saturated heterocycles. The molecule has 0 fully saturated rings. The first-order chi connectivity index (χ1) is 13.9. The third kappa shape index (κ3) is 6.63. The van der Waals surface area contributed by atoms with Crippen LogP contribution in [0, 0.1) is 5.82 Å². The Hall–Kier alpha value is -2.27. The summed E-state index contributed by atoms with van der Waals surface area (Å²) in [5, 5.41) is 7.40. The molecule has 3 rings (SSSR count). The Morgan fingerprint density at radius 3 is 2.43 bits per heavy atom. The highest BCUT2D eigenvalue weighted by Crippen LogP contribution is 2.16. The van der Waals surface area contributed by atoms with Crippen molar-refractivity contribution < 1.29 is 12.8 Å². The molecule has 9 heteroatoms. The molecular formula is C21H24FIN4O2S. The molecule has 2 N–H and O–H groups in total. The fraction of sp³-hybridized carbons (Fsp3) is 0.238. The highest BCUT2D eigenvalue weighted by atomic mass is 127. The number of para-hydroxylation sites is 1. The minimum atomic E-state index is -3.23. The van der Waals surface area contributed by atoms with Gasteiger partial charge in [-0.2, -0.15) is 0 Å². The Morgan fingerprint density at radius 1 is 1.03 bits per heavy atom. The molecule has 0 atom stereocenters. The summed E-state index contributed by atoms with van der Waals surface area (Å²) in [6.45, 7) is 0.779. The van der Waals surface area contributed by atoms with E-state index < -0.39 is 15.7 Å². The molecule has 0 amide bonds. The van der Waals surface area contributed by atoms with Crippen LogP contribution in [0.2, 0.25) is 0 Å². The van der Waals surface area contributed by atoms with Gasteiger partial charge in [-0.05, 0) is 41.0 Å². The molecule has 1 heterocycles. The lowest BCUT2D eigenvalue weighted by Crippen LogP contribution is -2.36. The zero-order valence-corrected chi connectivity index (χ0v) is 19.9. The van der Waals surface area contributed by atoms with Crippen molar-refractivity contribution in [2.45, 2.75) is 18.8 Å². The third-order valence-corrected chi connectivity index (χ3v) is 5.28. The van der Waals surface area contributed by atoms with Crippen LogP contribution in [0.3, 0.4) is 0 Å². The average molecular weight is 542 g/mol. The predicted octanol–water partition coefficient (Wildman–Crippen LogP) is 3.40. The van der Waals surface area contributed by atoms with Gasteiger partial charge in [-0.3, -0.25) is 9.98 Å². The van der Waals surface area contributed by atoms with Crippen LogP contribution in [0.15, 0.2) is 59.7 Å². The number of guanidine groups is 1. The molecule has 0 aliphatic rings. The van der Waals surface area contributed by atoms with Crippen molar-refractivity contribution in [2.75, 3.05) is 13.3 Å². The maximum Gasteiger partial charge on any atom is 0.191 e. The smallest absolute Gasteiger partial charge is 0.191 e. The largest absolute Gasteiger partial charge is 0.352 e. The van der Waals surface area contributed by atoms with Crippen LogP contribution in [0.25, 0.3) is 10.9 Å². The Bertz CT molecular complexity index is 1150. The van der Waals surface area contributed by atoms with E-state index in [-0.39, 0.29) is 36.3 Å². The second-order valence-electron chi connectivity index (χ2n) is 6.75. The number of sulfone groups is 1. The van der Waals surface area contributed by atoms with Crippen molar-refractivity contribution in [2.24, 2.45) is 4.99 Å². The molecule has 6 nitrogen and oxygen atoms in total. The van der Waals surface area contributed by atoms with E-state index in [1.165, 1.54) is 18.2 Å². The van der Waals surface area contributed by atoms with E-state index in [1.54, 1.807) is 13.2 Å². The van der Waals surface area contributed by atoms with Gasteiger partial charge in [0.25, 0.3) is 0 Å². The van der Waals surface area contributed by atoms with Crippen molar-refractivity contribution in [3.63, 3.8) is 0 Å². The van der Waals surface area contributed by atoms with E-state index in [1.807, 2.05) is 30.3 Å². The zero-order chi connectivity index (χ0) is 20.9. The minimum absolute atomic E-state index is 0. The molecule has 3 aromatic rings. The Kier molecular flexibility index (Phi) is 8.54. The van der Waals surface area contributed by atoms with Crippen LogP contribution in [-0.2, 0) is 28.7 Å². The van der Waals surface area contributed by atoms with Gasteiger partial charge in [-0.15, -0.1) is 24.0 Å². The van der Waals surface area contributed by atoms with E-state index in [0.717, 1.165) is 22.7 Å². The number of nitrogens with zero attached hydrogens (tertiary/aromatic N) is 2. The topological polar surface area (TPSA) is 83.5 Å². The monoisotopic (exact) mass is 542 g/mol. The maximum absolute atomic E-state index is 13.7. The number of halogens is 2. The molecule has 1 aromatic heterocycles. The van der Waals surface area contributed by atoms with Gasteiger partial charge in [0.15, 0.2) is 15.8 Å². The van der Waals surface area contributed by atoms with Crippen LogP contribution in [-0.4, -0.2) is 32.7 Å². The van der Waals surface area contributed by atoms with E-state index in [9.17, 15) is 12.8 Å². The molecule has 0 aliphatic carbocycles. The highest BCUT2D eigenvalue weighted by molar-refractivity contribution is 14.0. The number of nitrogens with one attached hydrogen (secondary N) is 2. The Balaban J connectivity index is 0.00000320. The van der Waals surface area contributed by atoms with Crippen molar-refractivity contribution in [3.8, 4) is 0 Å². The SMILES string of the molecule is CN=C(NCc1cc(F)ccc1CS(C)(=O)=O)NCc1ccnc2ccccc12.I. The van der Waals surface area contributed by atoms with Gasteiger partial charge in [-0.25, -0.2) is 12.8 Å². The molecule has 0 aliphatic heterocycles. The Labute approximate surface area is 193 Å². The molecule has 0 saturated carbocycles. The molecule has 2 aromatic carbocycles. The van der Waals surface area contributed by atoms with Gasteiger partial charge in [-0.1, -0.05) is 24.3 Å². The molecule has 160 valence electrons. The summed E-state index contributed by atoms with van der Waals surface area (Å²) in [7, 11) is -1.58. The zero-order valence-electron chi connectivity index (χ0n) is 16.7. The minimum Gasteiger partial charge on any atom is -0.352 e. The first-order valence-electron chi connectivity index (χ1n) is 9.08. The number of rotatable bonds is 6. The predicted molar refractivity (Wildman–Crippen MR) is 129 cm³/mol. The normalized spacial score (nSPS) is 11.8. The summed E-state index contributed by atoms with van der Waals surface area (Å²) in [5.41, 5.74) is 3.13. The number of aromatic nitrogens is 1. The molecular weight excluding hydrogens is 518 g/mol. The van der Waals surface area contributed by atoms with Crippen molar-refractivity contribution in [1.29, 1.82) is 0 Å². The van der Waals surface area contributed by atoms with Gasteiger partial charge in [0.2, 0.25) is 0 Å². The second-order valence-corrected chi connectivity index (χ2v) is 8.89. The van der Waals surface area contributed by atoms with Crippen molar-refractivity contribution in [3.05, 3.63) is 77.2 Å². The molecule has 0 radical (unpaired) electrons. The fourth-order valence-electron chi connectivity index (χ4n) is 3.07. The summed E-state index contributed by atoms with van der Waals surface area (Å²) in [4.78, 5) is 8.55. The number of aliphatic imine (C=N–C) groups is 1. The summed E-state index contributed by atoms with van der Waals surface area (Å²) in [5.74, 6) is -0.0232. The van der Waals surface area contributed by atoms with E-state index in [4.69, 9.17) is 0 Å². The summed E-state index contributed by atoms with van der Waals surface area (Å²) >= 11 is 0. The first-order valence-corrected chi connectivity index (χ1v) is 11.1. The van der Waals surface area contributed by atoms with Crippen molar-refractivity contribution >= 4 is 50.7 Å². The van der Waals surface area contributed by atoms with E-state index in [2.05, 4.69) is 20.6 Å². The molecule has 0 bridgehead atoms. The van der Waals surface area contributed by atoms with Gasteiger partial charge < -0.3 is 10.6 Å². The van der Waals surface area contributed by atoms with Crippen LogP contribution in [0.1, 0.15) is 16.7 Å². The highest BCUT2D eigenvalue weighted by Gasteiger charge is 2.11. The van der Waals surface area contributed by atoms with Crippen LogP contribution in [0.5, 0.6) is 0 Å². The second kappa shape index (κ2) is 10.7. The number of benzene rings is 2. The quantitative estimate of drug-likeness (QED) is 0.284. The molecule has 0 spiro atoms. The lowest BCUT2D eigenvalue weighted by molar-refractivity contribution is 0.599. The fourth-order valence-corrected chi connectivity index (χ4v) is 3.92. The van der Waals surface area contributed by atoms with Crippen LogP contribution >= 0.6 is 24.0 Å². The average Bonchev–Trinajstić information content (AvgIpc) is 2.69. The Morgan fingerprint density at radius 2 is 1.73 bits per heavy atom. The maximum atomic E-state index is 13.7. The lowest BCUT2D eigenvalue weighted by atomic mass is 10.1. The van der Waals surface area contributed by atoms with Gasteiger partial charge in [0, 0.05) is 38.0 Å². The van der Waals surface area contributed by atoms with Crippen LogP contribution < -0.4 is 10.6 Å². The number of fused-ring (bicyclic) bond motifs is 1. The first kappa shape index (κ1) is 24.0. The van der Waals surface area contributed by atoms with E-state index >= 15 is 0 Å². The summed E-state index contributed by atoms with van der Waals surface area (Å²) < 4.78 is 37.0. The molecule has 0 unspecified atom stereocenters. The van der Waals surface area contributed by atoms with Crippen LogP contribution in [0.4, 0.5) is 4.39 Å². The van der Waals surface area contributed by atoms with Gasteiger partial charge in [0.05, 0.1) is 11.3 Å². The summed E-state index contributed by atoms with van der Waals surface area (Å²) in [6.07, 6.45) is 2.92. The lowest BCUT2D eigenvalue weighted by Gasteiger charge is -2.15. The van der Waals surface area contributed by atoms with Crippen molar-refractivity contribution in [1.82, 2.24) is 15.6 Å². The number of hydrogen-bond acceptors (Lipinski definition) is 4.